The lowest BCUT2D eigenvalue weighted by molar-refractivity contribution is 0.481. The molecule has 0 unspecified atom stereocenters. The van der Waals surface area contributed by atoms with E-state index in [4.69, 9.17) is 16.0 Å². The Hall–Kier alpha value is -2.14. The van der Waals surface area contributed by atoms with Gasteiger partial charge in [-0.1, -0.05) is 18.2 Å². The normalized spacial score (nSPS) is 12.3. The molecular weight excluding hydrogens is 332 g/mol. The third-order valence-corrected chi connectivity index (χ3v) is 4.75. The minimum absolute atomic E-state index is 0.146. The lowest BCUT2D eigenvalue weighted by atomic mass is 10.0. The highest BCUT2D eigenvalue weighted by molar-refractivity contribution is 7.86. The number of hydrogen-bond acceptors (Lipinski definition) is 6. The van der Waals surface area contributed by atoms with Crippen molar-refractivity contribution in [2.24, 2.45) is 0 Å². The maximum absolute atomic E-state index is 11.3. The van der Waals surface area contributed by atoms with Crippen LogP contribution in [-0.2, 0) is 20.2 Å². The molecule has 0 saturated heterocycles. The van der Waals surface area contributed by atoms with Gasteiger partial charge in [0.15, 0.2) is 0 Å². The lowest BCUT2D eigenvalue weighted by Gasteiger charge is -2.12. The molecule has 10 heteroatoms. The first-order valence-corrected chi connectivity index (χ1v) is 8.63. The van der Waals surface area contributed by atoms with Crippen LogP contribution in [0.15, 0.2) is 46.2 Å². The van der Waals surface area contributed by atoms with Crippen LogP contribution in [0.25, 0.3) is 11.1 Å². The first kappa shape index (κ1) is 16.2. The summed E-state index contributed by atoms with van der Waals surface area (Å²) < 4.78 is 63.2. The summed E-state index contributed by atoms with van der Waals surface area (Å²) in [5.41, 5.74) is 11.0. The number of anilines is 2. The smallest absolute Gasteiger partial charge is 0.298 e. The minimum atomic E-state index is -4.65. The number of nitrogen functional groups attached to an aromatic ring is 2. The monoisotopic (exact) mass is 344 g/mol. The first-order valence-electron chi connectivity index (χ1n) is 5.75. The fourth-order valence-electron chi connectivity index (χ4n) is 1.98. The highest BCUT2D eigenvalue weighted by atomic mass is 32.2. The molecule has 0 bridgehead atoms. The van der Waals surface area contributed by atoms with Crippen molar-refractivity contribution in [3.8, 4) is 11.1 Å². The van der Waals surface area contributed by atoms with Crippen LogP contribution in [0.2, 0.25) is 0 Å². The molecule has 2 aromatic carbocycles. The first-order chi connectivity index (χ1) is 10.0. The molecule has 0 aromatic heterocycles. The molecule has 0 aliphatic carbocycles. The van der Waals surface area contributed by atoms with Gasteiger partial charge < -0.3 is 11.5 Å². The van der Waals surface area contributed by atoms with E-state index in [1.807, 2.05) is 0 Å². The Balaban J connectivity index is 2.75. The topological polar surface area (TPSA) is 161 Å². The van der Waals surface area contributed by atoms with Crippen molar-refractivity contribution in [1.82, 2.24) is 0 Å². The molecular formula is C12H12N2O6S2. The summed E-state index contributed by atoms with van der Waals surface area (Å²) in [5.74, 6) is 0. The molecule has 0 heterocycles. The molecule has 0 aliphatic heterocycles. The van der Waals surface area contributed by atoms with Gasteiger partial charge >= 0.3 is 0 Å². The summed E-state index contributed by atoms with van der Waals surface area (Å²) in [4.78, 5) is -1.03. The largest absolute Gasteiger partial charge is 0.398 e. The summed E-state index contributed by atoms with van der Waals surface area (Å²) in [5, 5.41) is 0. The summed E-state index contributed by atoms with van der Waals surface area (Å²) in [6.45, 7) is 0. The second-order valence-corrected chi connectivity index (χ2v) is 7.20. The van der Waals surface area contributed by atoms with Gasteiger partial charge in [0.05, 0.1) is 16.3 Å². The fraction of sp³-hybridized carbons (Fsp3) is 0. The van der Waals surface area contributed by atoms with Crippen molar-refractivity contribution >= 4 is 31.6 Å². The third-order valence-electron chi connectivity index (χ3n) is 2.93. The summed E-state index contributed by atoms with van der Waals surface area (Å²) in [7, 11) is -9.08. The van der Waals surface area contributed by atoms with Crippen molar-refractivity contribution in [2.75, 3.05) is 11.5 Å². The molecule has 2 rings (SSSR count). The Morgan fingerprint density at radius 1 is 0.864 bits per heavy atom. The zero-order valence-electron chi connectivity index (χ0n) is 11.0. The maximum Gasteiger partial charge on any atom is 0.298 e. The van der Waals surface area contributed by atoms with Crippen LogP contribution >= 0.6 is 0 Å². The number of benzene rings is 2. The van der Waals surface area contributed by atoms with Crippen LogP contribution in [0.1, 0.15) is 0 Å². The van der Waals surface area contributed by atoms with Crippen molar-refractivity contribution in [3.63, 3.8) is 0 Å². The van der Waals surface area contributed by atoms with E-state index in [1.165, 1.54) is 24.3 Å². The summed E-state index contributed by atoms with van der Waals surface area (Å²) in [6.07, 6.45) is 0. The molecule has 2 aromatic rings. The molecule has 118 valence electrons. The van der Waals surface area contributed by atoms with Gasteiger partial charge in [-0.3, -0.25) is 9.11 Å². The minimum Gasteiger partial charge on any atom is -0.398 e. The van der Waals surface area contributed by atoms with E-state index in [9.17, 15) is 21.4 Å². The Morgan fingerprint density at radius 2 is 1.50 bits per heavy atom. The van der Waals surface area contributed by atoms with E-state index < -0.39 is 25.1 Å². The lowest BCUT2D eigenvalue weighted by Crippen LogP contribution is -2.08. The number of rotatable bonds is 3. The predicted molar refractivity (Wildman–Crippen MR) is 80.3 cm³/mol. The van der Waals surface area contributed by atoms with Crippen LogP contribution < -0.4 is 11.5 Å². The zero-order chi connectivity index (χ0) is 16.7. The zero-order valence-corrected chi connectivity index (χ0v) is 12.6. The summed E-state index contributed by atoms with van der Waals surface area (Å²) in [6, 6.07) is 7.68. The van der Waals surface area contributed by atoms with Gasteiger partial charge in [-0.15, -0.1) is 0 Å². The van der Waals surface area contributed by atoms with Crippen molar-refractivity contribution in [3.05, 3.63) is 36.4 Å². The average Bonchev–Trinajstić information content (AvgIpc) is 2.36. The third kappa shape index (κ3) is 3.04. The van der Waals surface area contributed by atoms with Crippen LogP contribution in [0.4, 0.5) is 11.4 Å². The van der Waals surface area contributed by atoms with Gasteiger partial charge in [-0.05, 0) is 23.8 Å². The molecule has 6 N–H and O–H groups in total. The van der Waals surface area contributed by atoms with Crippen LogP contribution in [-0.4, -0.2) is 25.9 Å². The Kier molecular flexibility index (Phi) is 3.87. The van der Waals surface area contributed by atoms with Crippen molar-refractivity contribution < 1.29 is 25.9 Å². The van der Waals surface area contributed by atoms with Crippen molar-refractivity contribution in [1.29, 1.82) is 0 Å². The van der Waals surface area contributed by atoms with Crippen LogP contribution in [0.5, 0.6) is 0 Å². The Morgan fingerprint density at radius 3 is 2.05 bits per heavy atom. The molecule has 0 radical (unpaired) electrons. The molecule has 22 heavy (non-hydrogen) atoms. The molecule has 0 atom stereocenters. The van der Waals surface area contributed by atoms with E-state index in [1.54, 1.807) is 0 Å². The predicted octanol–water partition coefficient (Wildman–Crippen LogP) is 1.01. The maximum atomic E-state index is 11.3. The molecule has 8 nitrogen and oxygen atoms in total. The van der Waals surface area contributed by atoms with E-state index in [-0.39, 0.29) is 27.4 Å². The standard InChI is InChI=1S/C12H12N2O6S2/c13-10-5-4-9(11(14)12(10)22(18,19)20)7-2-1-3-8(6-7)21(15,16)17/h1-6H,13-14H2,(H,15,16,17)(H,18,19,20). The Labute approximate surface area is 126 Å². The number of nitrogens with two attached hydrogens (primary N) is 2. The Bertz CT molecular complexity index is 952. The van der Waals surface area contributed by atoms with Crippen LogP contribution in [0.3, 0.4) is 0 Å². The second kappa shape index (κ2) is 5.25. The highest BCUT2D eigenvalue weighted by Gasteiger charge is 2.21. The van der Waals surface area contributed by atoms with E-state index in [2.05, 4.69) is 0 Å². The molecule has 0 amide bonds. The quantitative estimate of drug-likeness (QED) is 0.474. The molecule has 0 spiro atoms. The van der Waals surface area contributed by atoms with E-state index in [0.29, 0.717) is 0 Å². The second-order valence-electron chi connectivity index (χ2n) is 4.42. The van der Waals surface area contributed by atoms with E-state index >= 15 is 0 Å². The number of hydrogen-bond donors (Lipinski definition) is 4. The summed E-state index contributed by atoms with van der Waals surface area (Å²) >= 11 is 0. The van der Waals surface area contributed by atoms with Gasteiger partial charge in [-0.2, -0.15) is 16.8 Å². The van der Waals surface area contributed by atoms with Crippen LogP contribution in [0, 0.1) is 0 Å². The molecule has 0 saturated carbocycles. The fourth-order valence-corrected chi connectivity index (χ4v) is 3.26. The van der Waals surface area contributed by atoms with Gasteiger partial charge in [0.2, 0.25) is 0 Å². The van der Waals surface area contributed by atoms with Gasteiger partial charge in [0.25, 0.3) is 20.2 Å². The highest BCUT2D eigenvalue weighted by Crippen LogP contribution is 2.35. The van der Waals surface area contributed by atoms with Gasteiger partial charge in [0, 0.05) is 5.56 Å². The molecule has 0 aliphatic rings. The van der Waals surface area contributed by atoms with E-state index in [0.717, 1.165) is 12.1 Å². The van der Waals surface area contributed by atoms with Gasteiger partial charge in [-0.25, -0.2) is 0 Å². The van der Waals surface area contributed by atoms with Gasteiger partial charge in [0.1, 0.15) is 4.90 Å². The van der Waals surface area contributed by atoms with Crippen molar-refractivity contribution in [2.45, 2.75) is 9.79 Å². The SMILES string of the molecule is Nc1ccc(-c2cccc(S(=O)(=O)O)c2)c(N)c1S(=O)(=O)O. The average molecular weight is 344 g/mol. The molecule has 0 fully saturated rings.